The minimum Gasteiger partial charge on any atom is -0.466 e. The van der Waals surface area contributed by atoms with E-state index in [1.54, 1.807) is 13.0 Å². The topological polar surface area (TPSA) is 63.6 Å². The molecule has 0 spiro atoms. The first-order valence-electron chi connectivity index (χ1n) is 5.56. The van der Waals surface area contributed by atoms with Gasteiger partial charge in [0.05, 0.1) is 19.1 Å². The van der Waals surface area contributed by atoms with Crippen LogP contribution in [0.2, 0.25) is 0 Å². The zero-order chi connectivity index (χ0) is 12.4. The standard InChI is InChI=1S/C12H20O4/c1-3-5-6-10(13)7-8-11(14)9-12(15)16-4-2/h3,11,14H,1,4-9H2,2H3. The second kappa shape index (κ2) is 9.09. The number of hydrogen-bond donors (Lipinski definition) is 1. The molecule has 0 aromatic heterocycles. The van der Waals surface area contributed by atoms with Gasteiger partial charge in [-0.2, -0.15) is 0 Å². The third kappa shape index (κ3) is 8.17. The van der Waals surface area contributed by atoms with Crippen molar-refractivity contribution in [3.05, 3.63) is 12.7 Å². The smallest absolute Gasteiger partial charge is 0.308 e. The van der Waals surface area contributed by atoms with E-state index in [9.17, 15) is 14.7 Å². The fraction of sp³-hybridized carbons (Fsp3) is 0.667. The van der Waals surface area contributed by atoms with Gasteiger partial charge in [-0.05, 0) is 19.8 Å². The number of ketones is 1. The van der Waals surface area contributed by atoms with E-state index in [0.717, 1.165) is 0 Å². The summed E-state index contributed by atoms with van der Waals surface area (Å²) in [4.78, 5) is 22.2. The number of rotatable bonds is 9. The van der Waals surface area contributed by atoms with E-state index >= 15 is 0 Å². The van der Waals surface area contributed by atoms with Crippen molar-refractivity contribution in [2.24, 2.45) is 0 Å². The van der Waals surface area contributed by atoms with Crippen LogP contribution < -0.4 is 0 Å². The van der Waals surface area contributed by atoms with E-state index in [1.807, 2.05) is 0 Å². The maximum atomic E-state index is 11.2. The van der Waals surface area contributed by atoms with Crippen molar-refractivity contribution in [3.8, 4) is 0 Å². The molecule has 0 aliphatic rings. The number of carbonyl (C=O) groups excluding carboxylic acids is 2. The highest BCUT2D eigenvalue weighted by molar-refractivity contribution is 5.78. The van der Waals surface area contributed by atoms with Crippen LogP contribution in [0.3, 0.4) is 0 Å². The molecule has 0 aromatic carbocycles. The number of esters is 1. The highest BCUT2D eigenvalue weighted by Crippen LogP contribution is 2.06. The highest BCUT2D eigenvalue weighted by atomic mass is 16.5. The molecule has 0 bridgehead atoms. The summed E-state index contributed by atoms with van der Waals surface area (Å²) in [5, 5.41) is 9.45. The number of hydrogen-bond acceptors (Lipinski definition) is 4. The van der Waals surface area contributed by atoms with Crippen LogP contribution >= 0.6 is 0 Å². The van der Waals surface area contributed by atoms with Crippen molar-refractivity contribution in [1.82, 2.24) is 0 Å². The number of aliphatic hydroxyl groups is 1. The average molecular weight is 228 g/mol. The minimum atomic E-state index is -0.785. The lowest BCUT2D eigenvalue weighted by Crippen LogP contribution is -2.16. The minimum absolute atomic E-state index is 0.0391. The van der Waals surface area contributed by atoms with Crippen LogP contribution in [-0.4, -0.2) is 29.6 Å². The van der Waals surface area contributed by atoms with Gasteiger partial charge in [-0.3, -0.25) is 9.59 Å². The molecule has 0 heterocycles. The van der Waals surface area contributed by atoms with Crippen molar-refractivity contribution in [3.63, 3.8) is 0 Å². The summed E-state index contributed by atoms with van der Waals surface area (Å²) >= 11 is 0. The summed E-state index contributed by atoms with van der Waals surface area (Å²) in [6.45, 7) is 5.55. The molecule has 1 unspecified atom stereocenters. The number of aliphatic hydroxyl groups excluding tert-OH is 1. The van der Waals surface area contributed by atoms with Gasteiger partial charge >= 0.3 is 5.97 Å². The molecule has 0 radical (unpaired) electrons. The van der Waals surface area contributed by atoms with Gasteiger partial charge in [-0.15, -0.1) is 6.58 Å². The Labute approximate surface area is 96.3 Å². The van der Waals surface area contributed by atoms with E-state index in [-0.39, 0.29) is 12.2 Å². The highest BCUT2D eigenvalue weighted by Gasteiger charge is 2.13. The summed E-state index contributed by atoms with van der Waals surface area (Å²) < 4.78 is 4.69. The Kier molecular flexibility index (Phi) is 8.43. The maximum Gasteiger partial charge on any atom is 0.308 e. The van der Waals surface area contributed by atoms with E-state index < -0.39 is 12.1 Å². The number of carbonyl (C=O) groups is 2. The number of Topliss-reactive ketones (excluding diaryl/α,β-unsaturated/α-hetero) is 1. The quantitative estimate of drug-likeness (QED) is 0.481. The molecule has 0 rings (SSSR count). The van der Waals surface area contributed by atoms with E-state index in [4.69, 9.17) is 0 Å². The molecule has 4 heteroatoms. The molecule has 0 fully saturated rings. The van der Waals surface area contributed by atoms with Crippen molar-refractivity contribution < 1.29 is 19.4 Å². The first-order valence-corrected chi connectivity index (χ1v) is 5.56. The second-order valence-electron chi connectivity index (χ2n) is 3.57. The number of allylic oxidation sites excluding steroid dienone is 1. The lowest BCUT2D eigenvalue weighted by Gasteiger charge is -2.08. The second-order valence-corrected chi connectivity index (χ2v) is 3.57. The molecular formula is C12H20O4. The summed E-state index contributed by atoms with van der Waals surface area (Å²) in [5.74, 6) is -0.337. The van der Waals surface area contributed by atoms with Crippen LogP contribution in [-0.2, 0) is 14.3 Å². The monoisotopic (exact) mass is 228 g/mol. The lowest BCUT2D eigenvalue weighted by atomic mass is 10.1. The Morgan fingerprint density at radius 1 is 1.44 bits per heavy atom. The molecule has 4 nitrogen and oxygen atoms in total. The lowest BCUT2D eigenvalue weighted by molar-refractivity contribution is -0.145. The predicted molar refractivity (Wildman–Crippen MR) is 60.9 cm³/mol. The van der Waals surface area contributed by atoms with Crippen molar-refractivity contribution in [2.75, 3.05) is 6.61 Å². The Morgan fingerprint density at radius 3 is 2.69 bits per heavy atom. The molecule has 0 aliphatic heterocycles. The molecule has 0 aromatic rings. The Morgan fingerprint density at radius 2 is 2.12 bits per heavy atom. The van der Waals surface area contributed by atoms with Crippen LogP contribution in [0.4, 0.5) is 0 Å². The van der Waals surface area contributed by atoms with Gasteiger partial charge in [-0.1, -0.05) is 6.08 Å². The Hall–Kier alpha value is -1.16. The zero-order valence-electron chi connectivity index (χ0n) is 9.78. The molecule has 1 atom stereocenters. The first-order chi connectivity index (χ1) is 7.60. The molecule has 0 amide bonds. The predicted octanol–water partition coefficient (Wildman–Crippen LogP) is 1.62. The largest absolute Gasteiger partial charge is 0.466 e. The first kappa shape index (κ1) is 14.8. The van der Waals surface area contributed by atoms with Crippen LogP contribution in [0.1, 0.15) is 39.0 Å². The van der Waals surface area contributed by atoms with Crippen molar-refractivity contribution in [1.29, 1.82) is 0 Å². The van der Waals surface area contributed by atoms with Crippen LogP contribution in [0.15, 0.2) is 12.7 Å². The van der Waals surface area contributed by atoms with Gasteiger partial charge < -0.3 is 9.84 Å². The van der Waals surface area contributed by atoms with Gasteiger partial charge in [0.1, 0.15) is 5.78 Å². The van der Waals surface area contributed by atoms with Gasteiger partial charge in [0, 0.05) is 12.8 Å². The summed E-state index contributed by atoms with van der Waals surface area (Å²) in [7, 11) is 0. The number of ether oxygens (including phenoxy) is 1. The van der Waals surface area contributed by atoms with E-state index in [2.05, 4.69) is 11.3 Å². The van der Waals surface area contributed by atoms with E-state index in [0.29, 0.717) is 32.3 Å². The molecule has 0 aliphatic carbocycles. The average Bonchev–Trinajstić information content (AvgIpc) is 2.23. The molecule has 0 saturated carbocycles. The van der Waals surface area contributed by atoms with Gasteiger partial charge in [-0.25, -0.2) is 0 Å². The molecule has 16 heavy (non-hydrogen) atoms. The van der Waals surface area contributed by atoms with Crippen LogP contribution in [0, 0.1) is 0 Å². The van der Waals surface area contributed by atoms with Gasteiger partial charge in [0.25, 0.3) is 0 Å². The van der Waals surface area contributed by atoms with Crippen LogP contribution in [0.5, 0.6) is 0 Å². The molecule has 0 saturated heterocycles. The third-order valence-electron chi connectivity index (χ3n) is 2.09. The van der Waals surface area contributed by atoms with Crippen molar-refractivity contribution in [2.45, 2.75) is 45.1 Å². The molecular weight excluding hydrogens is 208 g/mol. The normalized spacial score (nSPS) is 11.9. The third-order valence-corrected chi connectivity index (χ3v) is 2.09. The van der Waals surface area contributed by atoms with E-state index in [1.165, 1.54) is 0 Å². The summed E-state index contributed by atoms with van der Waals surface area (Å²) in [5.41, 5.74) is 0. The van der Waals surface area contributed by atoms with Gasteiger partial charge in [0.2, 0.25) is 0 Å². The maximum absolute atomic E-state index is 11.2. The Bertz CT molecular complexity index is 235. The summed E-state index contributed by atoms with van der Waals surface area (Å²) in [6, 6.07) is 0. The molecule has 1 N–H and O–H groups in total. The fourth-order valence-corrected chi connectivity index (χ4v) is 1.23. The van der Waals surface area contributed by atoms with Gasteiger partial charge in [0.15, 0.2) is 0 Å². The van der Waals surface area contributed by atoms with Crippen molar-refractivity contribution >= 4 is 11.8 Å². The summed E-state index contributed by atoms with van der Waals surface area (Å²) in [6.07, 6.45) is 2.59. The van der Waals surface area contributed by atoms with Crippen LogP contribution in [0.25, 0.3) is 0 Å². The fourth-order valence-electron chi connectivity index (χ4n) is 1.23. The SMILES string of the molecule is C=CCCC(=O)CCC(O)CC(=O)OCC. The zero-order valence-corrected chi connectivity index (χ0v) is 9.78. The Balaban J connectivity index is 3.63. The molecule has 92 valence electrons.